The number of para-hydroxylation sites is 1. The quantitative estimate of drug-likeness (QED) is 0.806. The molecule has 0 bridgehead atoms. The molecule has 0 radical (unpaired) electrons. The molecule has 7 heteroatoms. The Labute approximate surface area is 169 Å². The van der Waals surface area contributed by atoms with E-state index in [0.717, 1.165) is 27.7 Å². The van der Waals surface area contributed by atoms with Crippen molar-refractivity contribution in [1.82, 2.24) is 10.2 Å². The zero-order valence-corrected chi connectivity index (χ0v) is 17.0. The predicted octanol–water partition coefficient (Wildman–Crippen LogP) is 3.66. The van der Waals surface area contributed by atoms with Crippen molar-refractivity contribution in [3.05, 3.63) is 60.2 Å². The van der Waals surface area contributed by atoms with Crippen molar-refractivity contribution in [3.8, 4) is 11.5 Å². The molecular weight excluding hydrogens is 374 g/mol. The van der Waals surface area contributed by atoms with Gasteiger partial charge in [0.25, 0.3) is 0 Å². The van der Waals surface area contributed by atoms with Crippen molar-refractivity contribution in [2.45, 2.75) is 6.54 Å². The minimum atomic E-state index is -0.0691. The molecule has 28 heavy (non-hydrogen) atoms. The van der Waals surface area contributed by atoms with E-state index >= 15 is 0 Å². The highest BCUT2D eigenvalue weighted by Gasteiger charge is 2.21. The number of hydrogen-bond acceptors (Lipinski definition) is 6. The van der Waals surface area contributed by atoms with E-state index in [1.165, 1.54) is 11.8 Å². The van der Waals surface area contributed by atoms with Gasteiger partial charge in [-0.1, -0.05) is 42.6 Å². The zero-order chi connectivity index (χ0) is 20.1. The summed E-state index contributed by atoms with van der Waals surface area (Å²) in [7, 11) is 5.09. The van der Waals surface area contributed by atoms with Gasteiger partial charge in [-0.25, -0.2) is 4.99 Å². The largest absolute Gasteiger partial charge is 0.493 e. The average Bonchev–Trinajstić information content (AvgIpc) is 2.73. The number of carbonyl (C=O) groups excluding carboxylic acids is 1. The van der Waals surface area contributed by atoms with Crippen LogP contribution >= 0.6 is 11.8 Å². The smallest absolute Gasteiger partial charge is 0.230 e. The van der Waals surface area contributed by atoms with E-state index in [2.05, 4.69) is 16.9 Å². The van der Waals surface area contributed by atoms with Gasteiger partial charge >= 0.3 is 0 Å². The van der Waals surface area contributed by atoms with Crippen molar-refractivity contribution < 1.29 is 14.3 Å². The molecule has 0 spiro atoms. The summed E-state index contributed by atoms with van der Waals surface area (Å²) in [6.45, 7) is 4.54. The Morgan fingerprint density at radius 1 is 1.18 bits per heavy atom. The molecule has 2 aromatic carbocycles. The SMILES string of the molecule is C=C1c2ccccc2N=C(SCC(=O)NCc2ccc(OC)c(OC)c2)N1C. The van der Waals surface area contributed by atoms with Gasteiger partial charge in [0, 0.05) is 24.9 Å². The minimum Gasteiger partial charge on any atom is -0.493 e. The van der Waals surface area contributed by atoms with Gasteiger partial charge in [0.05, 0.1) is 25.7 Å². The number of methoxy groups -OCH3 is 2. The average molecular weight is 398 g/mol. The molecule has 0 aliphatic carbocycles. The molecule has 1 aliphatic rings. The van der Waals surface area contributed by atoms with Crippen LogP contribution in [0.4, 0.5) is 5.69 Å². The number of fused-ring (bicyclic) bond motifs is 1. The maximum atomic E-state index is 12.3. The predicted molar refractivity (Wildman–Crippen MR) is 114 cm³/mol. The molecule has 0 unspecified atom stereocenters. The van der Waals surface area contributed by atoms with E-state index in [1.807, 2.05) is 54.4 Å². The second-order valence-electron chi connectivity index (χ2n) is 6.17. The topological polar surface area (TPSA) is 63.2 Å². The van der Waals surface area contributed by atoms with Gasteiger partial charge in [0.1, 0.15) is 0 Å². The molecule has 0 saturated heterocycles. The van der Waals surface area contributed by atoms with Crippen LogP contribution in [0, 0.1) is 0 Å². The van der Waals surface area contributed by atoms with Crippen molar-refractivity contribution in [2.24, 2.45) is 4.99 Å². The third-order valence-corrected chi connectivity index (χ3v) is 5.42. The minimum absolute atomic E-state index is 0.0691. The van der Waals surface area contributed by atoms with Gasteiger partial charge in [0.15, 0.2) is 16.7 Å². The molecule has 6 nitrogen and oxygen atoms in total. The number of carbonyl (C=O) groups is 1. The highest BCUT2D eigenvalue weighted by Crippen LogP contribution is 2.34. The number of amidine groups is 1. The molecule has 1 amide bonds. The van der Waals surface area contributed by atoms with Gasteiger partial charge in [-0.15, -0.1) is 0 Å². The van der Waals surface area contributed by atoms with Gasteiger partial charge in [-0.3, -0.25) is 4.79 Å². The fraction of sp³-hybridized carbons (Fsp3) is 0.238. The highest BCUT2D eigenvalue weighted by molar-refractivity contribution is 8.14. The number of nitrogens with zero attached hydrogens (tertiary/aromatic N) is 2. The van der Waals surface area contributed by atoms with E-state index in [9.17, 15) is 4.79 Å². The normalized spacial score (nSPS) is 12.9. The lowest BCUT2D eigenvalue weighted by atomic mass is 10.1. The van der Waals surface area contributed by atoms with Gasteiger partial charge in [0.2, 0.25) is 5.91 Å². The summed E-state index contributed by atoms with van der Waals surface area (Å²) in [5.74, 6) is 1.50. The summed E-state index contributed by atoms with van der Waals surface area (Å²) < 4.78 is 10.5. The van der Waals surface area contributed by atoms with E-state index in [1.54, 1.807) is 14.2 Å². The monoisotopic (exact) mass is 397 g/mol. The second kappa shape index (κ2) is 8.84. The molecule has 0 saturated carbocycles. The maximum absolute atomic E-state index is 12.3. The summed E-state index contributed by atoms with van der Waals surface area (Å²) in [5, 5.41) is 3.68. The van der Waals surface area contributed by atoms with Gasteiger partial charge in [-0.2, -0.15) is 0 Å². The molecule has 1 N–H and O–H groups in total. The first-order valence-corrected chi connectivity index (χ1v) is 9.73. The molecule has 0 atom stereocenters. The van der Waals surface area contributed by atoms with Crippen LogP contribution in [-0.4, -0.2) is 43.0 Å². The van der Waals surface area contributed by atoms with Crippen LogP contribution in [0.3, 0.4) is 0 Å². The number of amides is 1. The number of thioether (sulfide) groups is 1. The Balaban J connectivity index is 1.58. The van der Waals surface area contributed by atoms with Crippen LogP contribution in [0.25, 0.3) is 5.70 Å². The molecule has 2 aromatic rings. The highest BCUT2D eigenvalue weighted by atomic mass is 32.2. The van der Waals surface area contributed by atoms with E-state index in [4.69, 9.17) is 9.47 Å². The Morgan fingerprint density at radius 2 is 1.93 bits per heavy atom. The molecule has 3 rings (SSSR count). The van der Waals surface area contributed by atoms with Gasteiger partial charge < -0.3 is 19.7 Å². The Hall–Kier alpha value is -2.93. The number of ether oxygens (including phenoxy) is 2. The summed E-state index contributed by atoms with van der Waals surface area (Å²) in [5.41, 5.74) is 3.69. The van der Waals surface area contributed by atoms with E-state index < -0.39 is 0 Å². The summed E-state index contributed by atoms with van der Waals surface area (Å²) in [6, 6.07) is 13.4. The first-order chi connectivity index (χ1) is 13.5. The molecule has 1 aliphatic heterocycles. The van der Waals surface area contributed by atoms with Crippen molar-refractivity contribution >= 4 is 34.2 Å². The second-order valence-corrected chi connectivity index (χ2v) is 7.11. The van der Waals surface area contributed by atoms with Crippen molar-refractivity contribution in [3.63, 3.8) is 0 Å². The fourth-order valence-electron chi connectivity index (χ4n) is 2.79. The number of nitrogens with one attached hydrogen (secondary N) is 1. The first kappa shape index (κ1) is 19.8. The molecule has 1 heterocycles. The van der Waals surface area contributed by atoms with Crippen LogP contribution in [-0.2, 0) is 11.3 Å². The molecule has 146 valence electrons. The third-order valence-electron chi connectivity index (χ3n) is 4.39. The van der Waals surface area contributed by atoms with E-state index in [0.29, 0.717) is 18.0 Å². The summed E-state index contributed by atoms with van der Waals surface area (Å²) >= 11 is 1.39. The summed E-state index contributed by atoms with van der Waals surface area (Å²) in [6.07, 6.45) is 0. The number of benzene rings is 2. The van der Waals surface area contributed by atoms with Crippen LogP contribution in [0.15, 0.2) is 54.0 Å². The lowest BCUT2D eigenvalue weighted by molar-refractivity contribution is -0.118. The van der Waals surface area contributed by atoms with E-state index in [-0.39, 0.29) is 11.7 Å². The Morgan fingerprint density at radius 3 is 2.68 bits per heavy atom. The number of rotatable bonds is 6. The maximum Gasteiger partial charge on any atom is 0.230 e. The number of hydrogen-bond donors (Lipinski definition) is 1. The van der Waals surface area contributed by atoms with Crippen molar-refractivity contribution in [2.75, 3.05) is 27.0 Å². The standard InChI is InChI=1S/C21H23N3O3S/c1-14-16-7-5-6-8-17(16)23-21(24(14)2)28-13-20(25)22-12-15-9-10-18(26-3)19(11-15)27-4/h5-11H,1,12-13H2,2-4H3,(H,22,25). The van der Waals surface area contributed by atoms with Crippen molar-refractivity contribution in [1.29, 1.82) is 0 Å². The first-order valence-electron chi connectivity index (χ1n) is 8.74. The Bertz CT molecular complexity index is 927. The van der Waals surface area contributed by atoms with Crippen LogP contribution in [0.5, 0.6) is 11.5 Å². The zero-order valence-electron chi connectivity index (χ0n) is 16.2. The summed E-state index contributed by atoms with van der Waals surface area (Å²) in [4.78, 5) is 18.8. The van der Waals surface area contributed by atoms with Crippen LogP contribution in [0.2, 0.25) is 0 Å². The lowest BCUT2D eigenvalue weighted by Gasteiger charge is -2.28. The van der Waals surface area contributed by atoms with Crippen LogP contribution in [0.1, 0.15) is 11.1 Å². The molecular formula is C21H23N3O3S. The number of aliphatic imine (C=N–C) groups is 1. The van der Waals surface area contributed by atoms with Crippen LogP contribution < -0.4 is 14.8 Å². The Kier molecular flexibility index (Phi) is 6.26. The molecule has 0 aromatic heterocycles. The third kappa shape index (κ3) is 4.31. The van der Waals surface area contributed by atoms with Gasteiger partial charge in [-0.05, 0) is 23.8 Å². The lowest BCUT2D eigenvalue weighted by Crippen LogP contribution is -2.29. The molecule has 0 fully saturated rings. The fourth-order valence-corrected chi connectivity index (χ4v) is 3.62.